The van der Waals surface area contributed by atoms with Crippen molar-refractivity contribution in [1.29, 1.82) is 5.26 Å². The molecule has 0 aliphatic carbocycles. The molecule has 2 aliphatic rings. The van der Waals surface area contributed by atoms with Gasteiger partial charge in [-0.05, 0) is 39.2 Å². The minimum atomic E-state index is -0.0387. The van der Waals surface area contributed by atoms with Gasteiger partial charge in [0.15, 0.2) is 5.13 Å². The van der Waals surface area contributed by atoms with E-state index in [0.717, 1.165) is 50.3 Å². The Morgan fingerprint density at radius 3 is 2.84 bits per heavy atom. The highest BCUT2D eigenvalue weighted by Crippen LogP contribution is 2.27. The van der Waals surface area contributed by atoms with E-state index in [2.05, 4.69) is 26.3 Å². The number of methoxy groups -OCH3 is 1. The van der Waals surface area contributed by atoms with Gasteiger partial charge in [-0.25, -0.2) is 15.0 Å². The van der Waals surface area contributed by atoms with Crippen molar-refractivity contribution in [3.63, 3.8) is 0 Å². The molecular formula is C22H29N7O2S. The number of nitrogens with one attached hydrogen (secondary N) is 1. The summed E-state index contributed by atoms with van der Waals surface area (Å²) in [4.78, 5) is 30.7. The molecule has 0 unspecified atom stereocenters. The SMILES string of the molecule is COC1CCN(C(=O)c2csc(Nc3cc(C)nc([C@@H]4CCCN(CC#N)C4)n3)n2)CC1. The van der Waals surface area contributed by atoms with Crippen molar-refractivity contribution in [2.45, 2.75) is 44.6 Å². The summed E-state index contributed by atoms with van der Waals surface area (Å²) in [7, 11) is 1.72. The summed E-state index contributed by atoms with van der Waals surface area (Å²) in [5, 5.41) is 14.7. The average Bonchev–Trinajstić information content (AvgIpc) is 3.27. The predicted octanol–water partition coefficient (Wildman–Crippen LogP) is 2.94. The maximum atomic E-state index is 12.8. The van der Waals surface area contributed by atoms with E-state index in [1.165, 1.54) is 11.3 Å². The summed E-state index contributed by atoms with van der Waals surface area (Å²) >= 11 is 1.40. The molecule has 0 radical (unpaired) electrons. The summed E-state index contributed by atoms with van der Waals surface area (Å²) in [6.45, 7) is 5.51. The third kappa shape index (κ3) is 5.41. The van der Waals surface area contributed by atoms with Gasteiger partial charge in [0, 0.05) is 49.8 Å². The van der Waals surface area contributed by atoms with Gasteiger partial charge >= 0.3 is 0 Å². The Morgan fingerprint density at radius 1 is 1.28 bits per heavy atom. The van der Waals surface area contributed by atoms with Crippen molar-refractivity contribution in [1.82, 2.24) is 24.8 Å². The minimum absolute atomic E-state index is 0.0387. The molecular weight excluding hydrogens is 426 g/mol. The molecule has 1 atom stereocenters. The Hall–Kier alpha value is -2.61. The summed E-state index contributed by atoms with van der Waals surface area (Å²) in [5.41, 5.74) is 1.34. The number of carbonyl (C=O) groups excluding carboxylic acids is 1. The number of thiazole rings is 1. The molecule has 9 nitrogen and oxygen atoms in total. The zero-order valence-electron chi connectivity index (χ0n) is 18.6. The Kier molecular flexibility index (Phi) is 7.29. The topological polar surface area (TPSA) is 107 Å². The van der Waals surface area contributed by atoms with Crippen molar-refractivity contribution >= 4 is 28.2 Å². The van der Waals surface area contributed by atoms with Crippen LogP contribution in [0.4, 0.5) is 10.9 Å². The molecule has 0 bridgehead atoms. The first-order valence-corrected chi connectivity index (χ1v) is 11.9. The highest BCUT2D eigenvalue weighted by molar-refractivity contribution is 7.14. The summed E-state index contributed by atoms with van der Waals surface area (Å²) in [6, 6.07) is 4.12. The summed E-state index contributed by atoms with van der Waals surface area (Å²) in [6.07, 6.45) is 3.99. The van der Waals surface area contributed by atoms with Crippen LogP contribution < -0.4 is 5.32 Å². The summed E-state index contributed by atoms with van der Waals surface area (Å²) in [5.74, 6) is 1.65. The lowest BCUT2D eigenvalue weighted by Crippen LogP contribution is -2.40. The van der Waals surface area contributed by atoms with Crippen LogP contribution in [-0.2, 0) is 4.74 Å². The number of likely N-dealkylation sites (tertiary alicyclic amines) is 2. The second-order valence-electron chi connectivity index (χ2n) is 8.38. The number of amides is 1. The Labute approximate surface area is 192 Å². The van der Waals surface area contributed by atoms with E-state index in [9.17, 15) is 4.79 Å². The van der Waals surface area contributed by atoms with Crippen molar-refractivity contribution in [3.05, 3.63) is 28.7 Å². The van der Waals surface area contributed by atoms with Crippen molar-refractivity contribution in [2.24, 2.45) is 0 Å². The Morgan fingerprint density at radius 2 is 2.09 bits per heavy atom. The quantitative estimate of drug-likeness (QED) is 0.663. The molecule has 2 aliphatic heterocycles. The largest absolute Gasteiger partial charge is 0.381 e. The molecule has 170 valence electrons. The number of ether oxygens (including phenoxy) is 1. The number of rotatable bonds is 6. The molecule has 4 rings (SSSR count). The lowest BCUT2D eigenvalue weighted by atomic mass is 9.97. The average molecular weight is 456 g/mol. The van der Waals surface area contributed by atoms with Gasteiger partial charge in [-0.2, -0.15) is 5.26 Å². The van der Waals surface area contributed by atoms with Gasteiger partial charge in [-0.3, -0.25) is 9.69 Å². The minimum Gasteiger partial charge on any atom is -0.381 e. The van der Waals surface area contributed by atoms with Crippen LogP contribution >= 0.6 is 11.3 Å². The Bertz CT molecular complexity index is 981. The second-order valence-corrected chi connectivity index (χ2v) is 9.23. The van der Waals surface area contributed by atoms with Crippen LogP contribution in [0.2, 0.25) is 0 Å². The smallest absolute Gasteiger partial charge is 0.273 e. The molecule has 0 spiro atoms. The highest BCUT2D eigenvalue weighted by Gasteiger charge is 2.26. The van der Waals surface area contributed by atoms with Gasteiger partial charge in [-0.15, -0.1) is 11.3 Å². The van der Waals surface area contributed by atoms with Crippen molar-refractivity contribution < 1.29 is 9.53 Å². The molecule has 32 heavy (non-hydrogen) atoms. The van der Waals surface area contributed by atoms with E-state index in [-0.39, 0.29) is 17.9 Å². The lowest BCUT2D eigenvalue weighted by molar-refractivity contribution is 0.0348. The zero-order chi connectivity index (χ0) is 22.5. The number of hydrogen-bond acceptors (Lipinski definition) is 9. The molecule has 0 aromatic carbocycles. The molecule has 1 N–H and O–H groups in total. The lowest BCUT2D eigenvalue weighted by Gasteiger charge is -2.30. The first-order chi connectivity index (χ1) is 15.6. The first-order valence-electron chi connectivity index (χ1n) is 11.0. The van der Waals surface area contributed by atoms with Crippen LogP contribution in [0, 0.1) is 18.3 Å². The molecule has 2 fully saturated rings. The van der Waals surface area contributed by atoms with Crippen molar-refractivity contribution in [3.8, 4) is 6.07 Å². The van der Waals surface area contributed by atoms with Crippen LogP contribution in [0.25, 0.3) is 0 Å². The number of hydrogen-bond donors (Lipinski definition) is 1. The summed E-state index contributed by atoms with van der Waals surface area (Å²) < 4.78 is 5.39. The van der Waals surface area contributed by atoms with E-state index in [1.54, 1.807) is 12.5 Å². The molecule has 2 saturated heterocycles. The number of nitrogens with zero attached hydrogens (tertiary/aromatic N) is 6. The monoisotopic (exact) mass is 455 g/mol. The molecule has 4 heterocycles. The normalized spacial score (nSPS) is 20.2. The fourth-order valence-corrected chi connectivity index (χ4v) is 5.03. The van der Waals surface area contributed by atoms with E-state index in [4.69, 9.17) is 15.0 Å². The molecule has 2 aromatic heterocycles. The third-order valence-electron chi connectivity index (χ3n) is 6.06. The molecule has 1 amide bonds. The number of aromatic nitrogens is 3. The fourth-order valence-electron chi connectivity index (χ4n) is 4.34. The van der Waals surface area contributed by atoms with Gasteiger partial charge < -0.3 is 15.0 Å². The molecule has 2 aromatic rings. The first kappa shape index (κ1) is 22.6. The van der Waals surface area contributed by atoms with Crippen LogP contribution in [0.5, 0.6) is 0 Å². The second kappa shape index (κ2) is 10.3. The van der Waals surface area contributed by atoms with Gasteiger partial charge in [0.05, 0.1) is 18.7 Å². The molecule has 0 saturated carbocycles. The highest BCUT2D eigenvalue weighted by atomic mass is 32.1. The maximum absolute atomic E-state index is 12.8. The van der Waals surface area contributed by atoms with E-state index in [1.807, 2.05) is 17.9 Å². The van der Waals surface area contributed by atoms with E-state index in [0.29, 0.717) is 36.3 Å². The number of anilines is 2. The van der Waals surface area contributed by atoms with Gasteiger partial charge in [0.25, 0.3) is 5.91 Å². The van der Waals surface area contributed by atoms with Gasteiger partial charge in [0.1, 0.15) is 17.3 Å². The van der Waals surface area contributed by atoms with Gasteiger partial charge in [0.2, 0.25) is 0 Å². The maximum Gasteiger partial charge on any atom is 0.273 e. The number of aryl methyl sites for hydroxylation is 1. The molecule has 10 heteroatoms. The predicted molar refractivity (Wildman–Crippen MR) is 122 cm³/mol. The number of carbonyl (C=O) groups is 1. The van der Waals surface area contributed by atoms with Crippen molar-refractivity contribution in [2.75, 3.05) is 45.2 Å². The van der Waals surface area contributed by atoms with E-state index >= 15 is 0 Å². The van der Waals surface area contributed by atoms with Crippen LogP contribution in [0.1, 0.15) is 53.6 Å². The van der Waals surface area contributed by atoms with Crippen LogP contribution in [0.15, 0.2) is 11.4 Å². The van der Waals surface area contributed by atoms with Crippen LogP contribution in [0.3, 0.4) is 0 Å². The Balaban J connectivity index is 1.42. The zero-order valence-corrected chi connectivity index (χ0v) is 19.4. The number of piperidine rings is 2. The van der Waals surface area contributed by atoms with E-state index < -0.39 is 0 Å². The third-order valence-corrected chi connectivity index (χ3v) is 6.82. The fraction of sp³-hybridized carbons (Fsp3) is 0.591. The van der Waals surface area contributed by atoms with Crippen LogP contribution in [-0.4, -0.2) is 76.6 Å². The number of nitriles is 1. The van der Waals surface area contributed by atoms with Gasteiger partial charge in [-0.1, -0.05) is 0 Å². The standard InChI is InChI=1S/C22H29N7O2S/c1-15-12-19(26-20(24-15)16-4-3-8-28(13-16)11-7-23)27-22-25-18(14-32-22)21(30)29-9-5-17(31-2)6-10-29/h12,14,16-17H,3-6,8-11,13H2,1-2H3,(H,24,25,26,27)/t16-/m1/s1.